The molecule has 1 aromatic heterocycles. The minimum absolute atomic E-state index is 0.103. The molecule has 0 radical (unpaired) electrons. The Morgan fingerprint density at radius 1 is 1.15 bits per heavy atom. The lowest BCUT2D eigenvalue weighted by Crippen LogP contribution is -2.39. The van der Waals surface area contributed by atoms with Gasteiger partial charge in [-0.15, -0.1) is 0 Å². The summed E-state index contributed by atoms with van der Waals surface area (Å²) < 4.78 is 13.5. The molecular formula is C25H33FN4O4. The summed E-state index contributed by atoms with van der Waals surface area (Å²) in [5.41, 5.74) is 3.10. The molecule has 2 atom stereocenters. The maximum Gasteiger partial charge on any atom is 0.325 e. The van der Waals surface area contributed by atoms with Crippen molar-refractivity contribution < 1.29 is 24.2 Å². The Labute approximate surface area is 199 Å². The summed E-state index contributed by atoms with van der Waals surface area (Å²) >= 11 is 0. The van der Waals surface area contributed by atoms with Crippen LogP contribution < -0.4 is 10.2 Å². The maximum absolute atomic E-state index is 13.5. The minimum atomic E-state index is -1.13. The molecule has 0 saturated heterocycles. The molecule has 0 spiro atoms. The van der Waals surface area contributed by atoms with Crippen molar-refractivity contribution in [1.82, 2.24) is 15.3 Å². The smallest absolute Gasteiger partial charge is 0.325 e. The van der Waals surface area contributed by atoms with Gasteiger partial charge >= 0.3 is 5.97 Å². The summed E-state index contributed by atoms with van der Waals surface area (Å²) in [7, 11) is 3.72. The van der Waals surface area contributed by atoms with Gasteiger partial charge in [0.25, 0.3) is 0 Å². The number of nitrogens with zero attached hydrogens (tertiary/aromatic N) is 3. The second-order valence-corrected chi connectivity index (χ2v) is 8.69. The van der Waals surface area contributed by atoms with Crippen LogP contribution in [0.5, 0.6) is 0 Å². The molecule has 0 aliphatic carbocycles. The summed E-state index contributed by atoms with van der Waals surface area (Å²) in [6.07, 6.45) is 3.51. The van der Waals surface area contributed by atoms with E-state index in [-0.39, 0.29) is 18.2 Å². The van der Waals surface area contributed by atoms with Gasteiger partial charge in [0.05, 0.1) is 23.9 Å². The number of carbonyl (C=O) groups is 2. The first kappa shape index (κ1) is 26.9. The molecule has 0 fully saturated rings. The normalized spacial score (nSPS) is 13.2. The number of hydrogen-bond donors (Lipinski definition) is 3. The first-order chi connectivity index (χ1) is 16.0. The van der Waals surface area contributed by atoms with Crippen LogP contribution in [0.4, 0.5) is 10.3 Å². The number of rotatable bonds is 11. The second kappa shape index (κ2) is 12.2. The Bertz CT molecular complexity index is 1020. The molecule has 1 aromatic carbocycles. The third kappa shape index (κ3) is 7.62. The topological polar surface area (TPSA) is 116 Å². The largest absolute Gasteiger partial charge is 0.480 e. The number of hydrogen-bond acceptors (Lipinski definition) is 6. The van der Waals surface area contributed by atoms with Crippen molar-refractivity contribution in [2.75, 3.05) is 19.0 Å². The number of carboxylic acids is 1. The fraction of sp³-hybridized carbons (Fsp3) is 0.440. The number of aliphatic hydroxyl groups is 1. The number of aliphatic hydroxyl groups excluding tert-OH is 1. The molecule has 34 heavy (non-hydrogen) atoms. The van der Waals surface area contributed by atoms with E-state index in [2.05, 4.69) is 5.32 Å². The molecule has 1 unspecified atom stereocenters. The van der Waals surface area contributed by atoms with Crippen LogP contribution in [0, 0.1) is 5.82 Å². The molecule has 8 nitrogen and oxygen atoms in total. The predicted octanol–water partition coefficient (Wildman–Crippen LogP) is 3.61. The quantitative estimate of drug-likeness (QED) is 0.458. The Morgan fingerprint density at radius 3 is 2.35 bits per heavy atom. The summed E-state index contributed by atoms with van der Waals surface area (Å²) in [5.74, 6) is -1.32. The van der Waals surface area contributed by atoms with Crippen LogP contribution in [-0.2, 0) is 9.59 Å². The first-order valence-electron chi connectivity index (χ1n) is 11.2. The zero-order valence-electron chi connectivity index (χ0n) is 20.2. The molecule has 2 aromatic rings. The van der Waals surface area contributed by atoms with E-state index in [0.29, 0.717) is 24.5 Å². The van der Waals surface area contributed by atoms with E-state index in [4.69, 9.17) is 15.1 Å². The van der Waals surface area contributed by atoms with Crippen LogP contribution in [0.2, 0.25) is 0 Å². The Kier molecular flexibility index (Phi) is 9.68. The standard InChI is InChI=1S/C25H33FN4O4/c1-15(2)22-20(9-7-6-8-19(31)14-21(32)27-16(3)24(33)34)23(29-25(28-22)30(4)5)17-10-12-18(26)13-11-17/h7,9-13,15-16,19,31H,6,8,14H2,1-5H3,(H,27,32)(H,33,34)/b9-7+/t16-,19?/m1/s1. The number of benzene rings is 1. The van der Waals surface area contributed by atoms with Crippen molar-refractivity contribution in [3.8, 4) is 11.3 Å². The molecule has 0 saturated carbocycles. The van der Waals surface area contributed by atoms with Gasteiger partial charge < -0.3 is 20.4 Å². The average molecular weight is 473 g/mol. The first-order valence-corrected chi connectivity index (χ1v) is 11.2. The molecule has 3 N–H and O–H groups in total. The lowest BCUT2D eigenvalue weighted by atomic mass is 9.97. The van der Waals surface area contributed by atoms with Crippen molar-refractivity contribution in [2.24, 2.45) is 0 Å². The van der Waals surface area contributed by atoms with E-state index in [1.165, 1.54) is 19.1 Å². The average Bonchev–Trinajstić information content (AvgIpc) is 2.76. The Hall–Kier alpha value is -3.33. The number of allylic oxidation sites excluding steroid dienone is 1. The Balaban J connectivity index is 2.22. The van der Waals surface area contributed by atoms with Gasteiger partial charge in [0.15, 0.2) is 0 Å². The van der Waals surface area contributed by atoms with E-state index in [1.54, 1.807) is 12.1 Å². The maximum atomic E-state index is 13.5. The van der Waals surface area contributed by atoms with Gasteiger partial charge in [0.2, 0.25) is 11.9 Å². The SMILES string of the molecule is CC(C)c1nc(N(C)C)nc(-c2ccc(F)cc2)c1/C=C/CCC(O)CC(=O)N[C@H](C)C(=O)O. The third-order valence-corrected chi connectivity index (χ3v) is 5.15. The van der Waals surface area contributed by atoms with Gasteiger partial charge in [-0.2, -0.15) is 0 Å². The molecule has 1 amide bonds. The number of halogens is 1. The number of amides is 1. The van der Waals surface area contributed by atoms with Crippen molar-refractivity contribution in [2.45, 2.75) is 58.1 Å². The summed E-state index contributed by atoms with van der Waals surface area (Å²) in [6.45, 7) is 5.44. The number of carbonyl (C=O) groups excluding carboxylic acids is 1. The summed E-state index contributed by atoms with van der Waals surface area (Å²) in [6, 6.07) is 5.13. The van der Waals surface area contributed by atoms with Gasteiger partial charge in [0.1, 0.15) is 11.9 Å². The number of anilines is 1. The second-order valence-electron chi connectivity index (χ2n) is 8.69. The van der Waals surface area contributed by atoms with Crippen molar-refractivity contribution in [3.05, 3.63) is 47.4 Å². The Morgan fingerprint density at radius 2 is 1.79 bits per heavy atom. The highest BCUT2D eigenvalue weighted by atomic mass is 19.1. The van der Waals surface area contributed by atoms with Gasteiger partial charge in [-0.05, 0) is 49.9 Å². The number of aromatic nitrogens is 2. The van der Waals surface area contributed by atoms with Gasteiger partial charge in [0, 0.05) is 25.2 Å². The molecule has 9 heteroatoms. The van der Waals surface area contributed by atoms with Gasteiger partial charge in [-0.1, -0.05) is 26.0 Å². The summed E-state index contributed by atoms with van der Waals surface area (Å²) in [4.78, 5) is 33.9. The molecule has 184 valence electrons. The van der Waals surface area contributed by atoms with Crippen LogP contribution >= 0.6 is 0 Å². The van der Waals surface area contributed by atoms with Crippen molar-refractivity contribution in [3.63, 3.8) is 0 Å². The third-order valence-electron chi connectivity index (χ3n) is 5.15. The van der Waals surface area contributed by atoms with E-state index < -0.39 is 24.0 Å². The lowest BCUT2D eigenvalue weighted by molar-refractivity contribution is -0.141. The van der Waals surface area contributed by atoms with Crippen LogP contribution in [0.15, 0.2) is 30.3 Å². The minimum Gasteiger partial charge on any atom is -0.480 e. The van der Waals surface area contributed by atoms with Gasteiger partial charge in [-0.25, -0.2) is 14.4 Å². The highest BCUT2D eigenvalue weighted by Gasteiger charge is 2.18. The highest BCUT2D eigenvalue weighted by Crippen LogP contribution is 2.31. The zero-order chi connectivity index (χ0) is 25.4. The molecule has 1 heterocycles. The van der Waals surface area contributed by atoms with E-state index in [0.717, 1.165) is 16.8 Å². The molecule has 0 aliphatic heterocycles. The lowest BCUT2D eigenvalue weighted by Gasteiger charge is -2.19. The molecule has 0 aliphatic rings. The van der Waals surface area contributed by atoms with Crippen LogP contribution in [0.3, 0.4) is 0 Å². The van der Waals surface area contributed by atoms with Crippen molar-refractivity contribution in [1.29, 1.82) is 0 Å². The van der Waals surface area contributed by atoms with E-state index in [1.807, 2.05) is 45.0 Å². The zero-order valence-corrected chi connectivity index (χ0v) is 20.2. The fourth-order valence-corrected chi connectivity index (χ4v) is 3.27. The van der Waals surface area contributed by atoms with Crippen LogP contribution in [0.25, 0.3) is 17.3 Å². The molecule has 2 rings (SSSR count). The molecule has 0 bridgehead atoms. The molecular weight excluding hydrogens is 439 g/mol. The number of nitrogens with one attached hydrogen (secondary N) is 1. The van der Waals surface area contributed by atoms with Crippen LogP contribution in [0.1, 0.15) is 57.2 Å². The summed E-state index contributed by atoms with van der Waals surface area (Å²) in [5, 5.41) is 21.3. The highest BCUT2D eigenvalue weighted by molar-refractivity contribution is 5.83. The number of aliphatic carboxylic acids is 1. The van der Waals surface area contributed by atoms with Crippen molar-refractivity contribution >= 4 is 23.9 Å². The monoisotopic (exact) mass is 472 g/mol. The van der Waals surface area contributed by atoms with E-state index >= 15 is 0 Å². The predicted molar refractivity (Wildman–Crippen MR) is 130 cm³/mol. The van der Waals surface area contributed by atoms with Crippen LogP contribution in [-0.4, -0.2) is 58.3 Å². The van der Waals surface area contributed by atoms with E-state index in [9.17, 15) is 19.1 Å². The number of carboxylic acid groups (broad SMARTS) is 1. The fourth-order valence-electron chi connectivity index (χ4n) is 3.27. The van der Waals surface area contributed by atoms with Gasteiger partial charge in [-0.3, -0.25) is 9.59 Å².